The van der Waals surface area contributed by atoms with Gasteiger partial charge in [-0.25, -0.2) is 0 Å². The molecule has 0 saturated heterocycles. The minimum absolute atomic E-state index is 0.0861. The van der Waals surface area contributed by atoms with Gasteiger partial charge in [0.1, 0.15) is 0 Å². The second-order valence-electron chi connectivity index (χ2n) is 7.43. The molecule has 1 aliphatic rings. The minimum atomic E-state index is 0.0861. The van der Waals surface area contributed by atoms with Crippen molar-refractivity contribution in [2.75, 3.05) is 6.54 Å². The lowest BCUT2D eigenvalue weighted by Crippen LogP contribution is -2.35. The number of aromatic nitrogens is 2. The highest BCUT2D eigenvalue weighted by molar-refractivity contribution is 6.05. The number of nitrogens with zero attached hydrogens (tertiary/aromatic N) is 3. The van der Waals surface area contributed by atoms with Gasteiger partial charge in [-0.05, 0) is 42.5 Å². The van der Waals surface area contributed by atoms with Crippen LogP contribution in [0.15, 0.2) is 61.1 Å². The van der Waals surface area contributed by atoms with E-state index in [-0.39, 0.29) is 5.91 Å². The highest BCUT2D eigenvalue weighted by Gasteiger charge is 2.23. The van der Waals surface area contributed by atoms with Gasteiger partial charge in [0.2, 0.25) is 0 Å². The van der Waals surface area contributed by atoms with Gasteiger partial charge in [-0.3, -0.25) is 14.8 Å². The Morgan fingerprint density at radius 2 is 1.85 bits per heavy atom. The molecule has 0 N–H and O–H groups in total. The molecule has 0 atom stereocenters. The maximum absolute atomic E-state index is 13.5. The van der Waals surface area contributed by atoms with E-state index in [1.54, 1.807) is 12.4 Å². The van der Waals surface area contributed by atoms with Gasteiger partial charge in [-0.15, -0.1) is 0 Å². The summed E-state index contributed by atoms with van der Waals surface area (Å²) < 4.78 is 0. The lowest BCUT2D eigenvalue weighted by atomic mass is 9.88. The summed E-state index contributed by atoms with van der Waals surface area (Å²) in [4.78, 5) is 24.1. The van der Waals surface area contributed by atoms with Gasteiger partial charge < -0.3 is 4.90 Å². The molecule has 4 rings (SSSR count). The monoisotopic (exact) mass is 359 g/mol. The number of amides is 1. The van der Waals surface area contributed by atoms with Crippen LogP contribution in [0.25, 0.3) is 10.9 Å². The third kappa shape index (κ3) is 4.16. The first-order chi connectivity index (χ1) is 13.3. The van der Waals surface area contributed by atoms with E-state index in [1.807, 2.05) is 53.6 Å². The molecule has 1 aliphatic carbocycles. The predicted molar refractivity (Wildman–Crippen MR) is 107 cm³/mol. The molecular weight excluding hydrogens is 334 g/mol. The van der Waals surface area contributed by atoms with E-state index >= 15 is 0 Å². The molecule has 138 valence electrons. The van der Waals surface area contributed by atoms with Crippen molar-refractivity contribution in [3.8, 4) is 0 Å². The molecule has 3 aromatic rings. The Labute approximate surface area is 160 Å². The Bertz CT molecular complexity index is 898. The lowest BCUT2D eigenvalue weighted by Gasteiger charge is -2.30. The van der Waals surface area contributed by atoms with Gasteiger partial charge in [-0.2, -0.15) is 0 Å². The van der Waals surface area contributed by atoms with Crippen LogP contribution >= 0.6 is 0 Å². The van der Waals surface area contributed by atoms with E-state index in [2.05, 4.69) is 9.97 Å². The fourth-order valence-electron chi connectivity index (χ4n) is 4.07. The predicted octanol–water partition coefficient (Wildman–Crippen LogP) is 4.85. The van der Waals surface area contributed by atoms with E-state index in [0.717, 1.165) is 28.6 Å². The van der Waals surface area contributed by atoms with Crippen molar-refractivity contribution in [3.05, 3.63) is 72.2 Å². The van der Waals surface area contributed by atoms with Crippen LogP contribution in [0.5, 0.6) is 0 Å². The number of para-hydroxylation sites is 1. The molecule has 0 bridgehead atoms. The molecule has 0 spiro atoms. The quantitative estimate of drug-likeness (QED) is 0.654. The van der Waals surface area contributed by atoms with E-state index < -0.39 is 0 Å². The molecule has 1 saturated carbocycles. The van der Waals surface area contributed by atoms with E-state index in [4.69, 9.17) is 0 Å². The van der Waals surface area contributed by atoms with Crippen LogP contribution in [-0.2, 0) is 6.54 Å². The summed E-state index contributed by atoms with van der Waals surface area (Å²) in [5, 5.41) is 0.921. The van der Waals surface area contributed by atoms with Crippen molar-refractivity contribution >= 4 is 16.8 Å². The van der Waals surface area contributed by atoms with Crippen LogP contribution in [-0.4, -0.2) is 27.3 Å². The van der Waals surface area contributed by atoms with E-state index in [0.29, 0.717) is 12.5 Å². The molecule has 0 aliphatic heterocycles. The van der Waals surface area contributed by atoms with Crippen molar-refractivity contribution in [1.29, 1.82) is 0 Å². The van der Waals surface area contributed by atoms with Crippen molar-refractivity contribution in [2.24, 2.45) is 5.92 Å². The standard InChI is InChI=1S/C23H25N3O/c27-23(21-12-14-25-22-11-5-4-10-20(21)22)26(16-18-7-2-1-3-8-18)17-19-9-6-13-24-15-19/h4-6,9-15,18H,1-3,7-8,16-17H2. The van der Waals surface area contributed by atoms with Crippen molar-refractivity contribution < 1.29 is 4.79 Å². The molecular formula is C23H25N3O. The number of rotatable bonds is 5. The van der Waals surface area contributed by atoms with Crippen LogP contribution < -0.4 is 0 Å². The fraction of sp³-hybridized carbons (Fsp3) is 0.348. The van der Waals surface area contributed by atoms with E-state index in [1.165, 1.54) is 32.1 Å². The zero-order valence-electron chi connectivity index (χ0n) is 15.6. The summed E-state index contributed by atoms with van der Waals surface area (Å²) in [7, 11) is 0. The van der Waals surface area contributed by atoms with Crippen LogP contribution in [0.4, 0.5) is 0 Å². The first-order valence-electron chi connectivity index (χ1n) is 9.83. The maximum atomic E-state index is 13.5. The summed E-state index contributed by atoms with van der Waals surface area (Å²) in [6.45, 7) is 1.41. The first-order valence-corrected chi connectivity index (χ1v) is 9.83. The average Bonchev–Trinajstić information content (AvgIpc) is 2.74. The largest absolute Gasteiger partial charge is 0.334 e. The Morgan fingerprint density at radius 1 is 1.00 bits per heavy atom. The molecule has 2 heterocycles. The maximum Gasteiger partial charge on any atom is 0.254 e. The van der Waals surface area contributed by atoms with Gasteiger partial charge in [0.15, 0.2) is 0 Å². The zero-order valence-corrected chi connectivity index (χ0v) is 15.6. The molecule has 0 unspecified atom stereocenters. The Balaban J connectivity index is 1.64. The van der Waals surface area contributed by atoms with Gasteiger partial charge in [0.05, 0.1) is 11.1 Å². The molecule has 4 nitrogen and oxygen atoms in total. The van der Waals surface area contributed by atoms with Gasteiger partial charge in [0.25, 0.3) is 5.91 Å². The molecule has 27 heavy (non-hydrogen) atoms. The Kier molecular flexibility index (Phi) is 5.42. The molecule has 4 heteroatoms. The minimum Gasteiger partial charge on any atom is -0.334 e. The number of benzene rings is 1. The number of hydrogen-bond donors (Lipinski definition) is 0. The van der Waals surface area contributed by atoms with Crippen LogP contribution in [0.2, 0.25) is 0 Å². The second-order valence-corrected chi connectivity index (χ2v) is 7.43. The Hall–Kier alpha value is -2.75. The smallest absolute Gasteiger partial charge is 0.254 e. The topological polar surface area (TPSA) is 46.1 Å². The summed E-state index contributed by atoms with van der Waals surface area (Å²) in [5.41, 5.74) is 2.67. The summed E-state index contributed by atoms with van der Waals surface area (Å²) >= 11 is 0. The average molecular weight is 359 g/mol. The Morgan fingerprint density at radius 3 is 2.67 bits per heavy atom. The molecule has 1 aromatic carbocycles. The lowest BCUT2D eigenvalue weighted by molar-refractivity contribution is 0.0701. The normalized spacial score (nSPS) is 15.0. The number of carbonyl (C=O) groups excluding carboxylic acids is 1. The van der Waals surface area contributed by atoms with Crippen LogP contribution in [0.3, 0.4) is 0 Å². The van der Waals surface area contributed by atoms with Crippen LogP contribution in [0, 0.1) is 5.92 Å². The highest BCUT2D eigenvalue weighted by atomic mass is 16.2. The first kappa shape index (κ1) is 17.7. The summed E-state index contributed by atoms with van der Waals surface area (Å²) in [6.07, 6.45) is 11.7. The molecule has 2 aromatic heterocycles. The third-order valence-corrected chi connectivity index (χ3v) is 5.47. The van der Waals surface area contributed by atoms with Gasteiger partial charge in [0, 0.05) is 37.1 Å². The summed E-state index contributed by atoms with van der Waals surface area (Å²) in [6, 6.07) is 13.7. The molecule has 1 amide bonds. The van der Waals surface area contributed by atoms with Crippen LogP contribution in [0.1, 0.15) is 48.0 Å². The number of fused-ring (bicyclic) bond motifs is 1. The zero-order chi connectivity index (χ0) is 18.5. The van der Waals surface area contributed by atoms with Crippen molar-refractivity contribution in [2.45, 2.75) is 38.6 Å². The second kappa shape index (κ2) is 8.30. The number of carbonyl (C=O) groups is 1. The van der Waals surface area contributed by atoms with Gasteiger partial charge >= 0.3 is 0 Å². The highest BCUT2D eigenvalue weighted by Crippen LogP contribution is 2.26. The number of pyridine rings is 2. The van der Waals surface area contributed by atoms with Gasteiger partial charge in [-0.1, -0.05) is 43.5 Å². The summed E-state index contributed by atoms with van der Waals surface area (Å²) in [5.74, 6) is 0.676. The number of hydrogen-bond acceptors (Lipinski definition) is 3. The molecule has 1 fully saturated rings. The van der Waals surface area contributed by atoms with Crippen molar-refractivity contribution in [1.82, 2.24) is 14.9 Å². The van der Waals surface area contributed by atoms with Crippen molar-refractivity contribution in [3.63, 3.8) is 0 Å². The molecule has 0 radical (unpaired) electrons. The van der Waals surface area contributed by atoms with E-state index in [9.17, 15) is 4.79 Å². The fourth-order valence-corrected chi connectivity index (χ4v) is 4.07. The SMILES string of the molecule is O=C(c1ccnc2ccccc12)N(Cc1cccnc1)CC1CCCCC1. The third-order valence-electron chi connectivity index (χ3n) is 5.47.